The van der Waals surface area contributed by atoms with Crippen LogP contribution in [-0.4, -0.2) is 56.0 Å². The van der Waals surface area contributed by atoms with Crippen LogP contribution in [0.2, 0.25) is 0 Å². The molecule has 0 bridgehead atoms. The van der Waals surface area contributed by atoms with E-state index in [1.807, 2.05) is 0 Å². The molecule has 2 rings (SSSR count). The Bertz CT molecular complexity index is 400. The highest BCUT2D eigenvalue weighted by atomic mass is 32.2. The summed E-state index contributed by atoms with van der Waals surface area (Å²) in [6.07, 6.45) is 3.72. The number of piperidine rings is 2. The van der Waals surface area contributed by atoms with Crippen LogP contribution >= 0.6 is 0 Å². The molecule has 2 heterocycles. The van der Waals surface area contributed by atoms with Gasteiger partial charge in [-0.1, -0.05) is 0 Å². The third-order valence-electron chi connectivity index (χ3n) is 4.59. The van der Waals surface area contributed by atoms with Gasteiger partial charge in [-0.25, -0.2) is 8.42 Å². The lowest BCUT2D eigenvalue weighted by Crippen LogP contribution is -2.53. The van der Waals surface area contributed by atoms with Crippen molar-refractivity contribution >= 4 is 9.84 Å². The van der Waals surface area contributed by atoms with Crippen LogP contribution in [0, 0.1) is 5.92 Å². The Hall–Kier alpha value is -0.130. The molecule has 0 aliphatic carbocycles. The van der Waals surface area contributed by atoms with Gasteiger partial charge in [0.05, 0.1) is 10.5 Å². The lowest BCUT2D eigenvalue weighted by Gasteiger charge is -2.42. The second-order valence-corrected chi connectivity index (χ2v) is 9.85. The lowest BCUT2D eigenvalue weighted by molar-refractivity contribution is 0.119. The summed E-state index contributed by atoms with van der Waals surface area (Å²) in [5.74, 6) is 1.02. The van der Waals surface area contributed by atoms with Gasteiger partial charge in [0.2, 0.25) is 0 Å². The first-order chi connectivity index (χ1) is 8.79. The van der Waals surface area contributed by atoms with Crippen molar-refractivity contribution in [1.82, 2.24) is 10.2 Å². The molecule has 0 aromatic rings. The van der Waals surface area contributed by atoms with E-state index in [1.165, 1.54) is 19.3 Å². The maximum absolute atomic E-state index is 12.1. The summed E-state index contributed by atoms with van der Waals surface area (Å²) in [6.45, 7) is 9.33. The summed E-state index contributed by atoms with van der Waals surface area (Å²) in [6, 6.07) is 0.671. The molecule has 2 aliphatic rings. The summed E-state index contributed by atoms with van der Waals surface area (Å²) in [5.41, 5.74) is 0. The summed E-state index contributed by atoms with van der Waals surface area (Å²) in [7, 11) is -2.98. The van der Waals surface area contributed by atoms with E-state index >= 15 is 0 Å². The van der Waals surface area contributed by atoms with Crippen molar-refractivity contribution in [2.45, 2.75) is 50.8 Å². The van der Waals surface area contributed by atoms with Gasteiger partial charge in [0.1, 0.15) is 0 Å². The molecule has 112 valence electrons. The molecule has 5 heteroatoms. The van der Waals surface area contributed by atoms with Crippen molar-refractivity contribution in [3.05, 3.63) is 0 Å². The first-order valence-corrected chi connectivity index (χ1v) is 9.13. The predicted octanol–water partition coefficient (Wildman–Crippen LogP) is 1.27. The molecule has 0 aromatic carbocycles. The van der Waals surface area contributed by atoms with Crippen molar-refractivity contribution < 1.29 is 8.42 Å². The third kappa shape index (κ3) is 3.70. The van der Waals surface area contributed by atoms with E-state index in [0.29, 0.717) is 18.3 Å². The Labute approximate surface area is 117 Å². The van der Waals surface area contributed by atoms with Gasteiger partial charge in [-0.2, -0.15) is 0 Å². The molecular weight excluding hydrogens is 260 g/mol. The smallest absolute Gasteiger partial charge is 0.156 e. The lowest BCUT2D eigenvalue weighted by atomic mass is 9.85. The zero-order valence-corrected chi connectivity index (χ0v) is 13.3. The van der Waals surface area contributed by atoms with Crippen LogP contribution in [0.25, 0.3) is 0 Å². The topological polar surface area (TPSA) is 49.4 Å². The number of rotatable bonds is 3. The molecule has 2 atom stereocenters. The standard InChI is InChI=1S/C14H28N2O2S/c1-14(2,3)19(17,18)10-9-16-8-6-13-12(11-16)5-4-7-15-13/h12-13,15H,4-11H2,1-3H3. The maximum atomic E-state index is 12.1. The van der Waals surface area contributed by atoms with Crippen LogP contribution in [0.5, 0.6) is 0 Å². The van der Waals surface area contributed by atoms with Crippen LogP contribution in [0.3, 0.4) is 0 Å². The Kier molecular flexibility index (Phi) is 4.58. The highest BCUT2D eigenvalue weighted by Crippen LogP contribution is 2.25. The molecule has 0 spiro atoms. The number of fused-ring (bicyclic) bond motifs is 1. The molecule has 2 saturated heterocycles. The van der Waals surface area contributed by atoms with Crippen molar-refractivity contribution in [2.75, 3.05) is 31.9 Å². The molecular formula is C14H28N2O2S. The quantitative estimate of drug-likeness (QED) is 0.850. The summed E-state index contributed by atoms with van der Waals surface area (Å²) in [4.78, 5) is 2.34. The summed E-state index contributed by atoms with van der Waals surface area (Å²) in [5, 5.41) is 3.59. The molecule has 2 aliphatic heterocycles. The van der Waals surface area contributed by atoms with Gasteiger partial charge in [0, 0.05) is 19.1 Å². The zero-order chi connectivity index (χ0) is 14.1. The minimum absolute atomic E-state index is 0.293. The van der Waals surface area contributed by atoms with E-state index < -0.39 is 14.6 Å². The van der Waals surface area contributed by atoms with E-state index in [0.717, 1.165) is 25.6 Å². The zero-order valence-electron chi connectivity index (χ0n) is 12.5. The average Bonchev–Trinajstić information content (AvgIpc) is 2.35. The van der Waals surface area contributed by atoms with E-state index in [4.69, 9.17) is 0 Å². The highest BCUT2D eigenvalue weighted by molar-refractivity contribution is 7.92. The predicted molar refractivity (Wildman–Crippen MR) is 79.1 cm³/mol. The number of hydrogen-bond acceptors (Lipinski definition) is 4. The average molecular weight is 288 g/mol. The Morgan fingerprint density at radius 3 is 2.68 bits per heavy atom. The van der Waals surface area contributed by atoms with Gasteiger partial charge in [0.25, 0.3) is 0 Å². The summed E-state index contributed by atoms with van der Waals surface area (Å²) >= 11 is 0. The molecule has 2 unspecified atom stereocenters. The number of nitrogens with zero attached hydrogens (tertiary/aromatic N) is 1. The minimum Gasteiger partial charge on any atom is -0.314 e. The monoisotopic (exact) mass is 288 g/mol. The van der Waals surface area contributed by atoms with Crippen LogP contribution in [0.4, 0.5) is 0 Å². The third-order valence-corrected chi connectivity index (χ3v) is 7.17. The van der Waals surface area contributed by atoms with Crippen LogP contribution in [0.1, 0.15) is 40.0 Å². The van der Waals surface area contributed by atoms with Gasteiger partial charge in [-0.05, 0) is 59.0 Å². The highest BCUT2D eigenvalue weighted by Gasteiger charge is 2.33. The number of nitrogens with one attached hydrogen (secondary N) is 1. The first-order valence-electron chi connectivity index (χ1n) is 7.48. The molecule has 4 nitrogen and oxygen atoms in total. The second-order valence-electron chi connectivity index (χ2n) is 6.98. The Morgan fingerprint density at radius 1 is 1.26 bits per heavy atom. The first kappa shape index (κ1) is 15.3. The molecule has 0 saturated carbocycles. The van der Waals surface area contributed by atoms with Gasteiger partial charge in [-0.3, -0.25) is 0 Å². The molecule has 1 N–H and O–H groups in total. The number of sulfone groups is 1. The van der Waals surface area contributed by atoms with Crippen molar-refractivity contribution in [3.8, 4) is 0 Å². The Balaban J connectivity index is 1.85. The largest absolute Gasteiger partial charge is 0.314 e. The van der Waals surface area contributed by atoms with Gasteiger partial charge < -0.3 is 10.2 Å². The van der Waals surface area contributed by atoms with E-state index in [9.17, 15) is 8.42 Å². The van der Waals surface area contributed by atoms with E-state index in [1.54, 1.807) is 20.8 Å². The fourth-order valence-corrected chi connectivity index (χ4v) is 4.19. The van der Waals surface area contributed by atoms with Crippen molar-refractivity contribution in [1.29, 1.82) is 0 Å². The minimum atomic E-state index is -2.98. The van der Waals surface area contributed by atoms with Gasteiger partial charge in [0.15, 0.2) is 9.84 Å². The number of likely N-dealkylation sites (tertiary alicyclic amines) is 1. The summed E-state index contributed by atoms with van der Waals surface area (Å²) < 4.78 is 23.6. The van der Waals surface area contributed by atoms with Crippen LogP contribution in [0.15, 0.2) is 0 Å². The number of hydrogen-bond donors (Lipinski definition) is 1. The van der Waals surface area contributed by atoms with Crippen molar-refractivity contribution in [2.24, 2.45) is 5.92 Å². The van der Waals surface area contributed by atoms with E-state index in [-0.39, 0.29) is 0 Å². The molecule has 0 aromatic heterocycles. The molecule has 0 radical (unpaired) electrons. The molecule has 19 heavy (non-hydrogen) atoms. The van der Waals surface area contributed by atoms with E-state index in [2.05, 4.69) is 10.2 Å². The maximum Gasteiger partial charge on any atom is 0.156 e. The fourth-order valence-electron chi connectivity index (χ4n) is 3.08. The van der Waals surface area contributed by atoms with Crippen molar-refractivity contribution in [3.63, 3.8) is 0 Å². The fraction of sp³-hybridized carbons (Fsp3) is 1.00. The SMILES string of the molecule is CC(C)(C)S(=O)(=O)CCN1CCC2NCCCC2C1. The van der Waals surface area contributed by atoms with Crippen LogP contribution < -0.4 is 5.32 Å². The van der Waals surface area contributed by atoms with Gasteiger partial charge >= 0.3 is 0 Å². The molecule has 2 fully saturated rings. The van der Waals surface area contributed by atoms with Gasteiger partial charge in [-0.15, -0.1) is 0 Å². The Morgan fingerprint density at radius 2 is 2.00 bits per heavy atom. The second kappa shape index (κ2) is 5.70. The molecule has 0 amide bonds. The van der Waals surface area contributed by atoms with Crippen LogP contribution in [-0.2, 0) is 9.84 Å². The normalized spacial score (nSPS) is 30.1.